The summed E-state index contributed by atoms with van der Waals surface area (Å²) in [7, 11) is 1.72. The lowest BCUT2D eigenvalue weighted by Crippen LogP contribution is -2.31. The quantitative estimate of drug-likeness (QED) is 0.238. The minimum atomic E-state index is 0.492. The highest BCUT2D eigenvalue weighted by Crippen LogP contribution is 2.16. The number of nitrogens with two attached hydrogens (primary N) is 1. The van der Waals surface area contributed by atoms with Gasteiger partial charge >= 0.3 is 0 Å². The van der Waals surface area contributed by atoms with E-state index < -0.39 is 0 Å². The van der Waals surface area contributed by atoms with Crippen molar-refractivity contribution >= 4 is 34.2 Å². The maximum atomic E-state index is 8.42. The van der Waals surface area contributed by atoms with Crippen LogP contribution in [0.1, 0.15) is 5.69 Å². The molecule has 0 aliphatic heterocycles. The Morgan fingerprint density at radius 1 is 1.76 bits per heavy atom. The average Bonchev–Trinajstić information content (AvgIpc) is 2.73. The van der Waals surface area contributed by atoms with Crippen LogP contribution in [0, 0.1) is 11.5 Å². The van der Waals surface area contributed by atoms with Gasteiger partial charge in [0, 0.05) is 23.9 Å². The van der Waals surface area contributed by atoms with Crippen LogP contribution < -0.4 is 16.4 Å². The number of thioether (sulfide) groups is 1. The van der Waals surface area contributed by atoms with Crippen molar-refractivity contribution in [3.63, 3.8) is 0 Å². The third-order valence-electron chi connectivity index (χ3n) is 1.74. The minimum absolute atomic E-state index is 0.492. The SMILES string of the molecule is CN/C(=N/CCSCc1csc(N)n1)NC#N. The summed E-state index contributed by atoms with van der Waals surface area (Å²) in [5.41, 5.74) is 6.53. The summed E-state index contributed by atoms with van der Waals surface area (Å²) in [4.78, 5) is 8.34. The molecule has 92 valence electrons. The zero-order valence-electron chi connectivity index (χ0n) is 9.43. The molecule has 0 fully saturated rings. The van der Waals surface area contributed by atoms with E-state index in [1.807, 2.05) is 11.6 Å². The fourth-order valence-corrected chi connectivity index (χ4v) is 2.41. The molecule has 1 aromatic heterocycles. The highest BCUT2D eigenvalue weighted by Gasteiger charge is 1.98. The number of hydrogen-bond acceptors (Lipinski definition) is 6. The molecule has 0 aromatic carbocycles. The van der Waals surface area contributed by atoms with Gasteiger partial charge in [-0.15, -0.1) is 11.3 Å². The van der Waals surface area contributed by atoms with Gasteiger partial charge in [-0.3, -0.25) is 10.3 Å². The van der Waals surface area contributed by atoms with Crippen molar-refractivity contribution in [3.8, 4) is 6.19 Å². The van der Waals surface area contributed by atoms with Crippen molar-refractivity contribution in [1.82, 2.24) is 15.6 Å². The predicted molar refractivity (Wildman–Crippen MR) is 72.8 cm³/mol. The number of nitrogens with one attached hydrogen (secondary N) is 2. The van der Waals surface area contributed by atoms with Crippen LogP contribution in [0.5, 0.6) is 0 Å². The molecule has 0 amide bonds. The standard InChI is InChI=1S/C9H14N6S2/c1-12-9(14-6-10)13-2-3-16-4-7-5-17-8(11)15-7/h5H,2-4H2,1H3,(H2,11,15)(H2,12,13,14). The van der Waals surface area contributed by atoms with Crippen molar-refractivity contribution in [2.75, 3.05) is 25.1 Å². The fourth-order valence-electron chi connectivity index (χ4n) is 1.02. The minimum Gasteiger partial charge on any atom is -0.375 e. The average molecular weight is 270 g/mol. The molecule has 0 saturated carbocycles. The first-order valence-electron chi connectivity index (χ1n) is 4.91. The van der Waals surface area contributed by atoms with Crippen LogP contribution in [0.2, 0.25) is 0 Å². The fraction of sp³-hybridized carbons (Fsp3) is 0.444. The number of nitrogens with zero attached hydrogens (tertiary/aromatic N) is 3. The van der Waals surface area contributed by atoms with Crippen LogP contribution in [-0.2, 0) is 5.75 Å². The number of nitrogen functional groups attached to an aromatic ring is 1. The smallest absolute Gasteiger partial charge is 0.204 e. The number of hydrogen-bond donors (Lipinski definition) is 3. The zero-order chi connectivity index (χ0) is 12.5. The molecule has 0 spiro atoms. The van der Waals surface area contributed by atoms with Gasteiger partial charge in [0.2, 0.25) is 5.96 Å². The number of nitriles is 1. The largest absolute Gasteiger partial charge is 0.375 e. The molecule has 0 radical (unpaired) electrons. The summed E-state index contributed by atoms with van der Waals surface area (Å²) in [6.45, 7) is 0.648. The lowest BCUT2D eigenvalue weighted by Gasteiger charge is -2.01. The van der Waals surface area contributed by atoms with E-state index in [-0.39, 0.29) is 0 Å². The van der Waals surface area contributed by atoms with Crippen molar-refractivity contribution < 1.29 is 0 Å². The Balaban J connectivity index is 2.18. The second kappa shape index (κ2) is 7.76. The van der Waals surface area contributed by atoms with Gasteiger partial charge in [-0.1, -0.05) is 0 Å². The maximum absolute atomic E-state index is 8.42. The first kappa shape index (κ1) is 13.6. The third-order valence-corrected chi connectivity index (χ3v) is 3.43. The molecular weight excluding hydrogens is 256 g/mol. The van der Waals surface area contributed by atoms with Crippen LogP contribution in [0.25, 0.3) is 0 Å². The number of thiazole rings is 1. The van der Waals surface area contributed by atoms with Crippen LogP contribution in [-0.4, -0.2) is 30.3 Å². The summed E-state index contributed by atoms with van der Waals surface area (Å²) in [6, 6.07) is 0. The van der Waals surface area contributed by atoms with Gasteiger partial charge in [0.05, 0.1) is 12.2 Å². The van der Waals surface area contributed by atoms with Crippen LogP contribution in [0.3, 0.4) is 0 Å². The van der Waals surface area contributed by atoms with E-state index in [1.54, 1.807) is 18.8 Å². The second-order valence-electron chi connectivity index (χ2n) is 2.95. The number of aromatic nitrogens is 1. The molecule has 1 aromatic rings. The summed E-state index contributed by atoms with van der Waals surface area (Å²) < 4.78 is 0. The Morgan fingerprint density at radius 2 is 2.59 bits per heavy atom. The van der Waals surface area contributed by atoms with Crippen LogP contribution >= 0.6 is 23.1 Å². The molecule has 0 unspecified atom stereocenters. The van der Waals surface area contributed by atoms with Gasteiger partial charge in [-0.2, -0.15) is 17.0 Å². The highest BCUT2D eigenvalue weighted by molar-refractivity contribution is 7.98. The van der Waals surface area contributed by atoms with Gasteiger partial charge in [0.15, 0.2) is 11.3 Å². The van der Waals surface area contributed by atoms with E-state index in [0.717, 1.165) is 17.2 Å². The third kappa shape index (κ3) is 5.42. The Morgan fingerprint density at radius 3 is 3.18 bits per heavy atom. The van der Waals surface area contributed by atoms with Crippen molar-refractivity contribution in [2.24, 2.45) is 4.99 Å². The molecule has 0 atom stereocenters. The van der Waals surface area contributed by atoms with Crippen LogP contribution in [0.15, 0.2) is 10.4 Å². The maximum Gasteiger partial charge on any atom is 0.204 e. The topological polar surface area (TPSA) is 99.1 Å². The lowest BCUT2D eigenvalue weighted by molar-refractivity contribution is 1.01. The van der Waals surface area contributed by atoms with E-state index >= 15 is 0 Å². The Kier molecular flexibility index (Phi) is 6.21. The first-order valence-corrected chi connectivity index (χ1v) is 6.94. The number of rotatable bonds is 5. The van der Waals surface area contributed by atoms with Gasteiger partial charge in [0.25, 0.3) is 0 Å². The summed E-state index contributed by atoms with van der Waals surface area (Å²) in [6.07, 6.45) is 1.82. The molecular formula is C9H14N6S2. The van der Waals surface area contributed by atoms with Gasteiger partial charge in [-0.25, -0.2) is 4.98 Å². The molecule has 8 heteroatoms. The van der Waals surface area contributed by atoms with Gasteiger partial charge < -0.3 is 11.1 Å². The molecule has 0 bridgehead atoms. The molecule has 0 saturated heterocycles. The second-order valence-corrected chi connectivity index (χ2v) is 4.94. The summed E-state index contributed by atoms with van der Waals surface area (Å²) in [5, 5.41) is 16.2. The first-order chi connectivity index (χ1) is 8.26. The monoisotopic (exact) mass is 270 g/mol. The highest BCUT2D eigenvalue weighted by atomic mass is 32.2. The van der Waals surface area contributed by atoms with E-state index in [2.05, 4.69) is 20.6 Å². The van der Waals surface area contributed by atoms with Crippen molar-refractivity contribution in [3.05, 3.63) is 11.1 Å². The predicted octanol–water partition coefficient (Wildman–Crippen LogP) is 0.605. The lowest BCUT2D eigenvalue weighted by atomic mass is 10.6. The Hall–Kier alpha value is -1.46. The molecule has 4 N–H and O–H groups in total. The van der Waals surface area contributed by atoms with Crippen molar-refractivity contribution in [1.29, 1.82) is 5.26 Å². The molecule has 1 rings (SSSR count). The molecule has 0 aliphatic rings. The van der Waals surface area contributed by atoms with E-state index in [1.165, 1.54) is 11.3 Å². The van der Waals surface area contributed by atoms with Crippen molar-refractivity contribution in [2.45, 2.75) is 5.75 Å². The molecule has 17 heavy (non-hydrogen) atoms. The zero-order valence-corrected chi connectivity index (χ0v) is 11.1. The normalized spacial score (nSPS) is 10.9. The van der Waals surface area contributed by atoms with E-state index in [4.69, 9.17) is 11.0 Å². The van der Waals surface area contributed by atoms with E-state index in [9.17, 15) is 0 Å². The van der Waals surface area contributed by atoms with Gasteiger partial charge in [0.1, 0.15) is 0 Å². The molecule has 6 nitrogen and oxygen atoms in total. The Labute approximate surface area is 108 Å². The Bertz CT molecular complexity index is 408. The molecule has 1 heterocycles. The molecule has 0 aliphatic carbocycles. The van der Waals surface area contributed by atoms with Crippen LogP contribution in [0.4, 0.5) is 5.13 Å². The van der Waals surface area contributed by atoms with E-state index in [0.29, 0.717) is 17.6 Å². The summed E-state index contributed by atoms with van der Waals surface area (Å²) >= 11 is 3.19. The number of aliphatic imine (C=N–C) groups is 1. The number of guanidine groups is 1. The number of anilines is 1. The van der Waals surface area contributed by atoms with Gasteiger partial charge in [-0.05, 0) is 0 Å². The summed E-state index contributed by atoms with van der Waals surface area (Å²) in [5.74, 6) is 2.20.